The summed E-state index contributed by atoms with van der Waals surface area (Å²) >= 11 is 0. The fraction of sp³-hybridized carbons (Fsp3) is 0.412. The van der Waals surface area contributed by atoms with Crippen LogP contribution in [0.2, 0.25) is 0 Å². The van der Waals surface area contributed by atoms with Gasteiger partial charge in [0, 0.05) is 38.3 Å². The molecule has 1 aromatic heterocycles. The third kappa shape index (κ3) is 4.69. The summed E-state index contributed by atoms with van der Waals surface area (Å²) in [7, 11) is -3.74. The zero-order valence-corrected chi connectivity index (χ0v) is 15.7. The first-order valence-electron chi connectivity index (χ1n) is 8.63. The molecule has 0 saturated carbocycles. The van der Waals surface area contributed by atoms with Crippen molar-refractivity contribution < 1.29 is 17.2 Å². The van der Waals surface area contributed by atoms with E-state index in [-0.39, 0.29) is 18.7 Å². The number of nitrogens with one attached hydrogen (secondary N) is 1. The Hall–Kier alpha value is -2.33. The molecule has 1 saturated heterocycles. The Morgan fingerprint density at radius 2 is 1.81 bits per heavy atom. The van der Waals surface area contributed by atoms with E-state index in [9.17, 15) is 17.2 Å². The lowest BCUT2D eigenvalue weighted by Gasteiger charge is -2.34. The molecule has 10 heteroatoms. The van der Waals surface area contributed by atoms with Crippen LogP contribution in [-0.4, -0.2) is 55.6 Å². The van der Waals surface area contributed by atoms with Gasteiger partial charge in [-0.2, -0.15) is 4.31 Å². The van der Waals surface area contributed by atoms with Crippen molar-refractivity contribution in [3.8, 4) is 0 Å². The van der Waals surface area contributed by atoms with Gasteiger partial charge in [0.05, 0.1) is 5.75 Å². The van der Waals surface area contributed by atoms with E-state index >= 15 is 0 Å². The van der Waals surface area contributed by atoms with Crippen LogP contribution in [0.25, 0.3) is 0 Å². The van der Waals surface area contributed by atoms with Crippen LogP contribution >= 0.6 is 0 Å². The van der Waals surface area contributed by atoms with Crippen molar-refractivity contribution in [3.63, 3.8) is 0 Å². The number of anilines is 2. The largest absolute Gasteiger partial charge is 0.369 e. The number of sulfonamides is 1. The Kier molecular flexibility index (Phi) is 5.85. The van der Waals surface area contributed by atoms with E-state index in [1.807, 2.05) is 24.0 Å². The summed E-state index contributed by atoms with van der Waals surface area (Å²) in [5.41, 5.74) is -0.165. The number of nitrogens with zero attached hydrogens (tertiary/aromatic N) is 4. The van der Waals surface area contributed by atoms with Crippen LogP contribution in [-0.2, 0) is 15.8 Å². The normalized spacial score (nSPS) is 15.7. The van der Waals surface area contributed by atoms with Crippen molar-refractivity contribution in [3.05, 3.63) is 47.5 Å². The molecule has 146 valence electrons. The summed E-state index contributed by atoms with van der Waals surface area (Å²) in [5.74, 6) is -0.599. The zero-order chi connectivity index (χ0) is 19.4. The average Bonchev–Trinajstić information content (AvgIpc) is 2.66. The lowest BCUT2D eigenvalue weighted by atomic mass is 10.2. The molecule has 27 heavy (non-hydrogen) atoms. The van der Waals surface area contributed by atoms with E-state index in [1.165, 1.54) is 4.31 Å². The molecule has 0 atom stereocenters. The minimum atomic E-state index is -3.74. The highest BCUT2D eigenvalue weighted by molar-refractivity contribution is 7.88. The number of rotatable bonds is 6. The van der Waals surface area contributed by atoms with Crippen molar-refractivity contribution in [2.24, 2.45) is 0 Å². The molecule has 1 fully saturated rings. The Morgan fingerprint density at radius 1 is 1.07 bits per heavy atom. The number of benzene rings is 1. The minimum Gasteiger partial charge on any atom is -0.369 e. The summed E-state index contributed by atoms with van der Waals surface area (Å²) < 4.78 is 53.5. The van der Waals surface area contributed by atoms with Crippen molar-refractivity contribution in [2.45, 2.75) is 12.7 Å². The van der Waals surface area contributed by atoms with Gasteiger partial charge in [-0.1, -0.05) is 0 Å². The van der Waals surface area contributed by atoms with Crippen LogP contribution in [0.5, 0.6) is 0 Å². The standard InChI is InChI=1S/C17H21F2N5O2S/c1-2-20-16-5-6-17(22-21-16)23-7-9-24(10-8-23)27(25,26)12-13-11-14(18)3-4-15(13)19/h3-6,11H,2,7-10,12H2,1H3,(H,20,21). The second kappa shape index (κ2) is 8.13. The SMILES string of the molecule is CCNc1ccc(N2CCN(S(=O)(=O)Cc3cc(F)ccc3F)CC2)nn1. The second-order valence-electron chi connectivity index (χ2n) is 6.19. The van der Waals surface area contributed by atoms with Crippen LogP contribution in [0.1, 0.15) is 12.5 Å². The Bertz CT molecular complexity index is 885. The van der Waals surface area contributed by atoms with Gasteiger partial charge in [0.15, 0.2) is 5.82 Å². The molecule has 0 spiro atoms. The summed E-state index contributed by atoms with van der Waals surface area (Å²) in [4.78, 5) is 1.94. The van der Waals surface area contributed by atoms with Crippen molar-refractivity contribution in [2.75, 3.05) is 42.9 Å². The Morgan fingerprint density at radius 3 is 2.44 bits per heavy atom. The number of aromatic nitrogens is 2. The minimum absolute atomic E-state index is 0.165. The molecular formula is C17H21F2N5O2S. The van der Waals surface area contributed by atoms with Crippen molar-refractivity contribution in [1.29, 1.82) is 0 Å². The van der Waals surface area contributed by atoms with E-state index in [2.05, 4.69) is 15.5 Å². The maximum atomic E-state index is 13.8. The molecule has 2 heterocycles. The molecule has 3 rings (SSSR count). The topological polar surface area (TPSA) is 78.4 Å². The van der Waals surface area contributed by atoms with Crippen LogP contribution in [0, 0.1) is 11.6 Å². The molecule has 1 aliphatic heterocycles. The molecule has 0 aliphatic carbocycles. The van der Waals surface area contributed by atoms with Gasteiger partial charge in [-0.15, -0.1) is 10.2 Å². The van der Waals surface area contributed by atoms with E-state index in [1.54, 1.807) is 0 Å². The molecular weight excluding hydrogens is 376 g/mol. The highest BCUT2D eigenvalue weighted by Gasteiger charge is 2.28. The van der Waals surface area contributed by atoms with Crippen LogP contribution in [0.4, 0.5) is 20.4 Å². The highest BCUT2D eigenvalue weighted by atomic mass is 32.2. The summed E-state index contributed by atoms with van der Waals surface area (Å²) in [6.07, 6.45) is 0. The number of halogens is 2. The molecule has 0 radical (unpaired) electrons. The Balaban J connectivity index is 1.63. The third-order valence-corrected chi connectivity index (χ3v) is 6.14. The van der Waals surface area contributed by atoms with Gasteiger partial charge in [-0.25, -0.2) is 17.2 Å². The van der Waals surface area contributed by atoms with Gasteiger partial charge in [0.1, 0.15) is 17.5 Å². The molecule has 1 N–H and O–H groups in total. The van der Waals surface area contributed by atoms with Crippen LogP contribution in [0.15, 0.2) is 30.3 Å². The second-order valence-corrected chi connectivity index (χ2v) is 8.15. The lowest BCUT2D eigenvalue weighted by molar-refractivity contribution is 0.382. The number of hydrogen-bond acceptors (Lipinski definition) is 6. The maximum Gasteiger partial charge on any atom is 0.218 e. The number of piperazine rings is 1. The van der Waals surface area contributed by atoms with E-state index < -0.39 is 27.4 Å². The molecule has 1 aliphatic rings. The third-order valence-electron chi connectivity index (χ3n) is 4.31. The van der Waals surface area contributed by atoms with Gasteiger partial charge in [-0.05, 0) is 37.3 Å². The monoisotopic (exact) mass is 397 g/mol. The van der Waals surface area contributed by atoms with Crippen LogP contribution < -0.4 is 10.2 Å². The van der Waals surface area contributed by atoms with Gasteiger partial charge < -0.3 is 10.2 Å². The predicted octanol–water partition coefficient (Wildman–Crippen LogP) is 1.84. The smallest absolute Gasteiger partial charge is 0.218 e. The van der Waals surface area contributed by atoms with Gasteiger partial charge in [0.2, 0.25) is 10.0 Å². The van der Waals surface area contributed by atoms with E-state index in [4.69, 9.17) is 0 Å². The van der Waals surface area contributed by atoms with Gasteiger partial charge in [-0.3, -0.25) is 0 Å². The first-order chi connectivity index (χ1) is 12.9. The first kappa shape index (κ1) is 19.4. The van der Waals surface area contributed by atoms with Crippen molar-refractivity contribution >= 4 is 21.7 Å². The highest BCUT2D eigenvalue weighted by Crippen LogP contribution is 2.19. The molecule has 0 unspecified atom stereocenters. The molecule has 2 aromatic rings. The van der Waals surface area contributed by atoms with Gasteiger partial charge >= 0.3 is 0 Å². The number of hydrogen-bond donors (Lipinski definition) is 1. The average molecular weight is 397 g/mol. The fourth-order valence-electron chi connectivity index (χ4n) is 2.91. The van der Waals surface area contributed by atoms with E-state index in [0.717, 1.165) is 24.7 Å². The molecule has 0 amide bonds. The van der Waals surface area contributed by atoms with Crippen LogP contribution in [0.3, 0.4) is 0 Å². The first-order valence-corrected chi connectivity index (χ1v) is 10.2. The lowest BCUT2D eigenvalue weighted by Crippen LogP contribution is -2.49. The molecule has 0 bridgehead atoms. The Labute approximate surface area is 157 Å². The summed E-state index contributed by atoms with van der Waals surface area (Å²) in [6.45, 7) is 4.09. The molecule has 7 nitrogen and oxygen atoms in total. The van der Waals surface area contributed by atoms with E-state index in [0.29, 0.717) is 24.7 Å². The van der Waals surface area contributed by atoms with Crippen molar-refractivity contribution in [1.82, 2.24) is 14.5 Å². The fourth-order valence-corrected chi connectivity index (χ4v) is 4.42. The maximum absolute atomic E-state index is 13.8. The summed E-state index contributed by atoms with van der Waals surface area (Å²) in [6, 6.07) is 6.48. The molecule has 1 aromatic carbocycles. The zero-order valence-electron chi connectivity index (χ0n) is 14.9. The predicted molar refractivity (Wildman–Crippen MR) is 99.0 cm³/mol. The van der Waals surface area contributed by atoms with Gasteiger partial charge in [0.25, 0.3) is 0 Å². The quantitative estimate of drug-likeness (QED) is 0.801. The summed E-state index contributed by atoms with van der Waals surface area (Å²) in [5, 5.41) is 11.3.